The highest BCUT2D eigenvalue weighted by atomic mass is 35.5. The Labute approximate surface area is 173 Å². The van der Waals surface area contributed by atoms with Crippen molar-refractivity contribution in [1.82, 2.24) is 19.3 Å². The molecular weight excluding hydrogens is 392 g/mol. The molecule has 1 aliphatic carbocycles. The average Bonchev–Trinajstić information content (AvgIpc) is 3.18. The van der Waals surface area contributed by atoms with Crippen molar-refractivity contribution in [2.45, 2.75) is 38.0 Å². The van der Waals surface area contributed by atoms with Crippen LogP contribution >= 0.6 is 11.6 Å². The van der Waals surface area contributed by atoms with Crippen LogP contribution in [0.4, 0.5) is 0 Å². The highest BCUT2D eigenvalue weighted by Crippen LogP contribution is 2.33. The molecular formula is C21H25ClN4O3. The highest BCUT2D eigenvalue weighted by molar-refractivity contribution is 6.34. The number of ether oxygens (including phenoxy) is 1. The molecule has 154 valence electrons. The molecule has 1 amide bonds. The lowest BCUT2D eigenvalue weighted by Crippen LogP contribution is -2.30. The molecule has 1 aromatic carbocycles. The predicted octanol–water partition coefficient (Wildman–Crippen LogP) is 3.60. The van der Waals surface area contributed by atoms with Gasteiger partial charge in [-0.3, -0.25) is 14.0 Å². The molecule has 0 aliphatic heterocycles. The molecule has 2 heterocycles. The molecule has 0 atom stereocenters. The maximum absolute atomic E-state index is 12.8. The number of aromatic nitrogens is 3. The Kier molecular flexibility index (Phi) is 5.61. The van der Waals surface area contributed by atoms with Crippen LogP contribution in [0.3, 0.4) is 0 Å². The molecule has 0 radical (unpaired) electrons. The van der Waals surface area contributed by atoms with E-state index in [1.54, 1.807) is 37.4 Å². The Morgan fingerprint density at radius 2 is 2.07 bits per heavy atom. The van der Waals surface area contributed by atoms with Gasteiger partial charge >= 0.3 is 0 Å². The number of H-pyrrole nitrogens is 1. The van der Waals surface area contributed by atoms with E-state index in [4.69, 9.17) is 16.3 Å². The molecule has 1 aliphatic rings. The van der Waals surface area contributed by atoms with Gasteiger partial charge in [0.15, 0.2) is 0 Å². The molecule has 29 heavy (non-hydrogen) atoms. The maximum Gasteiger partial charge on any atom is 0.274 e. The first-order valence-electron chi connectivity index (χ1n) is 9.98. The number of halogens is 1. The summed E-state index contributed by atoms with van der Waals surface area (Å²) < 4.78 is 6.96. The number of likely N-dealkylation sites (N-methyl/N-ethyl adjacent to an activating group) is 1. The van der Waals surface area contributed by atoms with Crippen LogP contribution in [0.1, 0.15) is 54.2 Å². The lowest BCUT2D eigenvalue weighted by molar-refractivity contribution is 0.0744. The van der Waals surface area contributed by atoms with Crippen LogP contribution in [0.15, 0.2) is 23.1 Å². The highest BCUT2D eigenvalue weighted by Gasteiger charge is 2.23. The van der Waals surface area contributed by atoms with E-state index in [0.29, 0.717) is 40.7 Å². The molecule has 0 saturated heterocycles. The zero-order chi connectivity index (χ0) is 20.5. The lowest BCUT2D eigenvalue weighted by atomic mass is 9.89. The molecule has 1 fully saturated rings. The third kappa shape index (κ3) is 3.65. The standard InChI is InChI=1S/C21H25ClN4O3/c1-25(8-9-29-2)21(28)14-10-16-17(11-15(14)22)26-18(20(27)24-16)12-23-19(26)13-6-4-3-5-7-13/h10-13H,3-9H2,1-2H3,(H,24,27). The lowest BCUT2D eigenvalue weighted by Gasteiger charge is -2.21. The van der Waals surface area contributed by atoms with Crippen molar-refractivity contribution < 1.29 is 9.53 Å². The normalized spacial score (nSPS) is 15.3. The number of carbonyl (C=O) groups excluding carboxylic acids is 1. The van der Waals surface area contributed by atoms with Gasteiger partial charge in [0.25, 0.3) is 11.5 Å². The zero-order valence-corrected chi connectivity index (χ0v) is 17.5. The van der Waals surface area contributed by atoms with Gasteiger partial charge in [0.05, 0.1) is 34.4 Å². The molecule has 7 nitrogen and oxygen atoms in total. The number of carbonyl (C=O) groups is 1. The fourth-order valence-electron chi connectivity index (χ4n) is 4.16. The van der Waals surface area contributed by atoms with Gasteiger partial charge in [0.2, 0.25) is 0 Å². The number of rotatable bonds is 5. The molecule has 0 spiro atoms. The SMILES string of the molecule is COCCN(C)C(=O)c1cc2[nH]c(=O)c3cnc(C4CCCCC4)n3c2cc1Cl. The predicted molar refractivity (Wildman–Crippen MR) is 113 cm³/mol. The summed E-state index contributed by atoms with van der Waals surface area (Å²) in [6.45, 7) is 0.886. The number of methoxy groups -OCH3 is 1. The van der Waals surface area contributed by atoms with Crippen molar-refractivity contribution in [3.8, 4) is 0 Å². The average molecular weight is 417 g/mol. The minimum atomic E-state index is -0.222. The second-order valence-corrected chi connectivity index (χ2v) is 8.10. The van der Waals surface area contributed by atoms with Crippen LogP contribution in [0, 0.1) is 0 Å². The van der Waals surface area contributed by atoms with Crippen LogP contribution < -0.4 is 5.56 Å². The van der Waals surface area contributed by atoms with Gasteiger partial charge < -0.3 is 14.6 Å². The van der Waals surface area contributed by atoms with E-state index in [1.807, 2.05) is 4.40 Å². The van der Waals surface area contributed by atoms with E-state index >= 15 is 0 Å². The van der Waals surface area contributed by atoms with Crippen LogP contribution in [0.5, 0.6) is 0 Å². The Morgan fingerprint density at radius 3 is 2.79 bits per heavy atom. The van der Waals surface area contributed by atoms with Crippen LogP contribution in [-0.4, -0.2) is 52.5 Å². The fourth-order valence-corrected chi connectivity index (χ4v) is 4.40. The topological polar surface area (TPSA) is 79.7 Å². The van der Waals surface area contributed by atoms with Crippen molar-refractivity contribution >= 4 is 34.1 Å². The van der Waals surface area contributed by atoms with Gasteiger partial charge in [-0.25, -0.2) is 4.98 Å². The van der Waals surface area contributed by atoms with Gasteiger partial charge in [-0.2, -0.15) is 0 Å². The van der Waals surface area contributed by atoms with Crippen molar-refractivity contribution in [3.05, 3.63) is 45.1 Å². The van der Waals surface area contributed by atoms with Gasteiger partial charge in [-0.1, -0.05) is 30.9 Å². The quantitative estimate of drug-likeness (QED) is 0.689. The summed E-state index contributed by atoms with van der Waals surface area (Å²) in [6.07, 6.45) is 7.37. The molecule has 1 saturated carbocycles. The molecule has 8 heteroatoms. The number of hydrogen-bond donors (Lipinski definition) is 1. The van der Waals surface area contributed by atoms with Crippen molar-refractivity contribution in [1.29, 1.82) is 0 Å². The molecule has 0 bridgehead atoms. The summed E-state index contributed by atoms with van der Waals surface area (Å²) in [4.78, 5) is 34.5. The zero-order valence-electron chi connectivity index (χ0n) is 16.7. The molecule has 3 aromatic rings. The van der Waals surface area contributed by atoms with Crippen molar-refractivity contribution in [3.63, 3.8) is 0 Å². The number of hydrogen-bond acceptors (Lipinski definition) is 4. The number of fused-ring (bicyclic) bond motifs is 3. The van der Waals surface area contributed by atoms with Crippen molar-refractivity contribution in [2.24, 2.45) is 0 Å². The monoisotopic (exact) mass is 416 g/mol. The van der Waals surface area contributed by atoms with Gasteiger partial charge in [-0.15, -0.1) is 0 Å². The molecule has 1 N–H and O–H groups in total. The minimum Gasteiger partial charge on any atom is -0.383 e. The smallest absolute Gasteiger partial charge is 0.274 e. The van der Waals surface area contributed by atoms with E-state index < -0.39 is 0 Å². The van der Waals surface area contributed by atoms with Crippen molar-refractivity contribution in [2.75, 3.05) is 27.3 Å². The summed E-state index contributed by atoms with van der Waals surface area (Å²) >= 11 is 6.52. The first-order valence-corrected chi connectivity index (χ1v) is 10.4. The number of imidazole rings is 1. The number of benzene rings is 1. The Bertz CT molecular complexity index is 1110. The third-order valence-corrected chi connectivity index (χ3v) is 6.09. The Hall–Kier alpha value is -2.38. The van der Waals surface area contributed by atoms with Gasteiger partial charge in [-0.05, 0) is 25.0 Å². The van der Waals surface area contributed by atoms with Crippen LogP contribution in [0.2, 0.25) is 5.02 Å². The number of nitrogens with zero attached hydrogens (tertiary/aromatic N) is 3. The van der Waals surface area contributed by atoms with E-state index in [9.17, 15) is 9.59 Å². The van der Waals surface area contributed by atoms with E-state index in [0.717, 1.165) is 24.2 Å². The van der Waals surface area contributed by atoms with E-state index in [1.165, 1.54) is 19.3 Å². The first kappa shape index (κ1) is 19.9. The third-order valence-electron chi connectivity index (χ3n) is 5.77. The van der Waals surface area contributed by atoms with E-state index in [2.05, 4.69) is 9.97 Å². The maximum atomic E-state index is 12.8. The summed E-state index contributed by atoms with van der Waals surface area (Å²) in [5.74, 6) is 1.02. The Balaban J connectivity index is 1.84. The second kappa shape index (κ2) is 8.16. The second-order valence-electron chi connectivity index (χ2n) is 7.69. The molecule has 0 unspecified atom stereocenters. The number of aromatic amines is 1. The number of amides is 1. The molecule has 4 rings (SSSR count). The summed E-state index contributed by atoms with van der Waals surface area (Å²) in [7, 11) is 3.29. The summed E-state index contributed by atoms with van der Waals surface area (Å²) in [6, 6.07) is 3.42. The van der Waals surface area contributed by atoms with Gasteiger partial charge in [0, 0.05) is 26.6 Å². The van der Waals surface area contributed by atoms with Gasteiger partial charge in [0.1, 0.15) is 11.3 Å². The number of nitrogens with one attached hydrogen (secondary N) is 1. The largest absolute Gasteiger partial charge is 0.383 e. The Morgan fingerprint density at radius 1 is 1.31 bits per heavy atom. The summed E-state index contributed by atoms with van der Waals surface area (Å²) in [5, 5.41) is 0.350. The molecule has 2 aromatic heterocycles. The minimum absolute atomic E-state index is 0.215. The van der Waals surface area contributed by atoms with Crippen LogP contribution in [-0.2, 0) is 4.74 Å². The van der Waals surface area contributed by atoms with E-state index in [-0.39, 0.29) is 11.5 Å². The first-order chi connectivity index (χ1) is 14.0. The fraction of sp³-hybridized carbons (Fsp3) is 0.476. The van der Waals surface area contributed by atoms with Crippen LogP contribution in [0.25, 0.3) is 16.6 Å². The summed E-state index contributed by atoms with van der Waals surface area (Å²) in [5.41, 5.74) is 1.97.